The molecule has 1 amide bonds. The van der Waals surface area contributed by atoms with E-state index in [1.807, 2.05) is 31.2 Å². The van der Waals surface area contributed by atoms with Gasteiger partial charge in [0.25, 0.3) is 0 Å². The van der Waals surface area contributed by atoms with Crippen LogP contribution in [0.2, 0.25) is 0 Å². The molecule has 0 spiro atoms. The van der Waals surface area contributed by atoms with Gasteiger partial charge in [0.2, 0.25) is 5.91 Å². The summed E-state index contributed by atoms with van der Waals surface area (Å²) >= 11 is 0. The zero-order valence-electron chi connectivity index (χ0n) is 11.6. The van der Waals surface area contributed by atoms with E-state index in [-0.39, 0.29) is 11.8 Å². The van der Waals surface area contributed by atoms with E-state index in [9.17, 15) is 4.79 Å². The van der Waals surface area contributed by atoms with Crippen LogP contribution in [0, 0.1) is 18.8 Å². The van der Waals surface area contributed by atoms with Gasteiger partial charge in [0.15, 0.2) is 0 Å². The average molecular weight is 262 g/mol. The number of ether oxygens (including phenoxy) is 1. The number of carbonyl (C=O) groups is 1. The van der Waals surface area contributed by atoms with Crippen molar-refractivity contribution in [3.63, 3.8) is 0 Å². The fourth-order valence-corrected chi connectivity index (χ4v) is 2.34. The molecule has 0 radical (unpaired) electrons. The van der Waals surface area contributed by atoms with Crippen molar-refractivity contribution in [2.75, 3.05) is 26.2 Å². The summed E-state index contributed by atoms with van der Waals surface area (Å²) in [6.45, 7) is 6.90. The maximum Gasteiger partial charge on any atom is 0.224 e. The van der Waals surface area contributed by atoms with Gasteiger partial charge in [0.05, 0.1) is 12.5 Å². The van der Waals surface area contributed by atoms with Gasteiger partial charge in [0.1, 0.15) is 12.4 Å². The molecule has 19 heavy (non-hydrogen) atoms. The predicted molar refractivity (Wildman–Crippen MR) is 75.2 cm³/mol. The van der Waals surface area contributed by atoms with Gasteiger partial charge in [-0.2, -0.15) is 0 Å². The molecule has 4 heteroatoms. The van der Waals surface area contributed by atoms with E-state index < -0.39 is 0 Å². The third-order valence-corrected chi connectivity index (χ3v) is 3.51. The molecular weight excluding hydrogens is 240 g/mol. The van der Waals surface area contributed by atoms with Crippen molar-refractivity contribution in [2.45, 2.75) is 13.8 Å². The molecule has 2 N–H and O–H groups in total. The molecule has 104 valence electrons. The number of hydrogen-bond acceptors (Lipinski definition) is 3. The summed E-state index contributed by atoms with van der Waals surface area (Å²) in [5.41, 5.74) is 1.17. The van der Waals surface area contributed by atoms with E-state index in [2.05, 4.69) is 17.6 Å². The lowest BCUT2D eigenvalue weighted by Crippen LogP contribution is -2.36. The SMILES string of the molecule is Cc1cccc(OCCNC(=O)C2CNCC2C)c1. The Labute approximate surface area is 114 Å². The predicted octanol–water partition coefficient (Wildman–Crippen LogP) is 1.35. The first-order chi connectivity index (χ1) is 9.16. The second-order valence-electron chi connectivity index (χ2n) is 5.20. The summed E-state index contributed by atoms with van der Waals surface area (Å²) in [5.74, 6) is 1.49. The quantitative estimate of drug-likeness (QED) is 0.788. The Morgan fingerprint density at radius 2 is 2.32 bits per heavy atom. The Hall–Kier alpha value is -1.55. The molecule has 2 atom stereocenters. The van der Waals surface area contributed by atoms with Crippen LogP contribution in [-0.2, 0) is 4.79 Å². The largest absolute Gasteiger partial charge is 0.492 e. The zero-order chi connectivity index (χ0) is 13.7. The molecule has 0 saturated carbocycles. The average Bonchev–Trinajstić information content (AvgIpc) is 2.81. The third-order valence-electron chi connectivity index (χ3n) is 3.51. The van der Waals surface area contributed by atoms with Gasteiger partial charge in [0, 0.05) is 6.54 Å². The molecular formula is C15H22N2O2. The standard InChI is InChI=1S/C15H22N2O2/c1-11-4-3-5-13(8-11)19-7-6-17-15(18)14-10-16-9-12(14)2/h3-5,8,12,14,16H,6-7,9-10H2,1-2H3,(H,17,18). The van der Waals surface area contributed by atoms with Crippen LogP contribution in [0.1, 0.15) is 12.5 Å². The van der Waals surface area contributed by atoms with Crippen molar-refractivity contribution in [3.05, 3.63) is 29.8 Å². The highest BCUT2D eigenvalue weighted by Gasteiger charge is 2.28. The number of hydrogen-bond donors (Lipinski definition) is 2. The second-order valence-corrected chi connectivity index (χ2v) is 5.20. The van der Waals surface area contributed by atoms with Gasteiger partial charge >= 0.3 is 0 Å². The lowest BCUT2D eigenvalue weighted by Gasteiger charge is -2.14. The maximum atomic E-state index is 11.9. The molecule has 2 unspecified atom stereocenters. The second kappa shape index (κ2) is 6.57. The molecule has 1 fully saturated rings. The van der Waals surface area contributed by atoms with Crippen LogP contribution in [0.5, 0.6) is 5.75 Å². The third kappa shape index (κ3) is 3.96. The van der Waals surface area contributed by atoms with Crippen LogP contribution < -0.4 is 15.4 Å². The Kier molecular flexibility index (Phi) is 4.80. The van der Waals surface area contributed by atoms with E-state index in [1.165, 1.54) is 5.56 Å². The highest BCUT2D eigenvalue weighted by Crippen LogP contribution is 2.15. The van der Waals surface area contributed by atoms with E-state index in [1.54, 1.807) is 0 Å². The molecule has 1 aliphatic rings. The van der Waals surface area contributed by atoms with E-state index in [0.717, 1.165) is 18.8 Å². The molecule has 2 rings (SSSR count). The molecule has 1 saturated heterocycles. The first-order valence-corrected chi connectivity index (χ1v) is 6.84. The summed E-state index contributed by atoms with van der Waals surface area (Å²) in [5, 5.41) is 6.17. The van der Waals surface area contributed by atoms with Gasteiger partial charge in [-0.05, 0) is 37.1 Å². The summed E-state index contributed by atoms with van der Waals surface area (Å²) in [4.78, 5) is 11.9. The number of nitrogens with one attached hydrogen (secondary N) is 2. The van der Waals surface area contributed by atoms with Crippen molar-refractivity contribution in [1.82, 2.24) is 10.6 Å². The Morgan fingerprint density at radius 1 is 1.47 bits per heavy atom. The van der Waals surface area contributed by atoms with Crippen molar-refractivity contribution < 1.29 is 9.53 Å². The van der Waals surface area contributed by atoms with Crippen LogP contribution in [0.15, 0.2) is 24.3 Å². The lowest BCUT2D eigenvalue weighted by molar-refractivity contribution is -0.125. The molecule has 1 aliphatic heterocycles. The molecule has 0 aliphatic carbocycles. The van der Waals surface area contributed by atoms with Crippen LogP contribution in [-0.4, -0.2) is 32.1 Å². The number of aryl methyl sites for hydroxylation is 1. The van der Waals surface area contributed by atoms with Crippen LogP contribution in [0.3, 0.4) is 0 Å². The summed E-state index contributed by atoms with van der Waals surface area (Å²) in [6.07, 6.45) is 0. The van der Waals surface area contributed by atoms with Crippen molar-refractivity contribution >= 4 is 5.91 Å². The molecule has 1 heterocycles. The zero-order valence-corrected chi connectivity index (χ0v) is 11.6. The van der Waals surface area contributed by atoms with Gasteiger partial charge in [-0.25, -0.2) is 0 Å². The first-order valence-electron chi connectivity index (χ1n) is 6.84. The van der Waals surface area contributed by atoms with Crippen molar-refractivity contribution in [3.8, 4) is 5.75 Å². The molecule has 0 bridgehead atoms. The maximum absolute atomic E-state index is 11.9. The molecule has 0 aromatic heterocycles. The Morgan fingerprint density at radius 3 is 3.00 bits per heavy atom. The Bertz CT molecular complexity index is 434. The molecule has 4 nitrogen and oxygen atoms in total. The smallest absolute Gasteiger partial charge is 0.224 e. The summed E-state index contributed by atoms with van der Waals surface area (Å²) in [6, 6.07) is 7.92. The lowest BCUT2D eigenvalue weighted by atomic mass is 9.97. The topological polar surface area (TPSA) is 50.4 Å². The molecule has 1 aromatic rings. The first kappa shape index (κ1) is 13.9. The van der Waals surface area contributed by atoms with Gasteiger partial charge in [-0.3, -0.25) is 4.79 Å². The summed E-state index contributed by atoms with van der Waals surface area (Å²) < 4.78 is 5.60. The number of rotatable bonds is 5. The van der Waals surface area contributed by atoms with Gasteiger partial charge in [-0.15, -0.1) is 0 Å². The van der Waals surface area contributed by atoms with Gasteiger partial charge < -0.3 is 15.4 Å². The van der Waals surface area contributed by atoms with Gasteiger partial charge in [-0.1, -0.05) is 19.1 Å². The van der Waals surface area contributed by atoms with E-state index in [0.29, 0.717) is 19.1 Å². The normalized spacial score (nSPS) is 22.2. The number of amides is 1. The Balaban J connectivity index is 1.68. The van der Waals surface area contributed by atoms with Crippen molar-refractivity contribution in [2.24, 2.45) is 11.8 Å². The fourth-order valence-electron chi connectivity index (χ4n) is 2.34. The minimum Gasteiger partial charge on any atom is -0.492 e. The number of carbonyl (C=O) groups excluding carboxylic acids is 1. The van der Waals surface area contributed by atoms with E-state index >= 15 is 0 Å². The number of benzene rings is 1. The van der Waals surface area contributed by atoms with Crippen molar-refractivity contribution in [1.29, 1.82) is 0 Å². The fraction of sp³-hybridized carbons (Fsp3) is 0.533. The summed E-state index contributed by atoms with van der Waals surface area (Å²) in [7, 11) is 0. The highest BCUT2D eigenvalue weighted by molar-refractivity contribution is 5.79. The molecule has 1 aromatic carbocycles. The van der Waals surface area contributed by atoms with Crippen LogP contribution in [0.4, 0.5) is 0 Å². The van der Waals surface area contributed by atoms with Crippen LogP contribution in [0.25, 0.3) is 0 Å². The minimum absolute atomic E-state index is 0.0963. The van der Waals surface area contributed by atoms with E-state index in [4.69, 9.17) is 4.74 Å². The monoisotopic (exact) mass is 262 g/mol. The van der Waals surface area contributed by atoms with Crippen LogP contribution >= 0.6 is 0 Å². The highest BCUT2D eigenvalue weighted by atomic mass is 16.5. The minimum atomic E-state index is 0.0963.